The first-order valence-electron chi connectivity index (χ1n) is 6.50. The van der Waals surface area contributed by atoms with Crippen LogP contribution in [0.4, 0.5) is 0 Å². The zero-order valence-electron chi connectivity index (χ0n) is 12.3. The van der Waals surface area contributed by atoms with E-state index < -0.39 is 0 Å². The van der Waals surface area contributed by atoms with Crippen molar-refractivity contribution in [2.75, 3.05) is 0 Å². The Morgan fingerprint density at radius 1 is 1.28 bits per heavy atom. The van der Waals surface area contributed by atoms with Crippen LogP contribution in [0.1, 0.15) is 50.8 Å². The second kappa shape index (κ2) is 5.55. The Kier molecular flexibility index (Phi) is 4.55. The number of benzene rings is 1. The molecule has 0 N–H and O–H groups in total. The van der Waals surface area contributed by atoms with E-state index in [0.29, 0.717) is 18.1 Å². The number of ether oxygens (including phenoxy) is 1. The molecule has 0 saturated carbocycles. The van der Waals surface area contributed by atoms with Gasteiger partial charge in [-0.05, 0) is 48.8 Å². The van der Waals surface area contributed by atoms with Crippen molar-refractivity contribution in [2.45, 2.75) is 53.4 Å². The Morgan fingerprint density at radius 3 is 2.39 bits per heavy atom. The van der Waals surface area contributed by atoms with Crippen LogP contribution in [0.5, 0.6) is 5.75 Å². The molecule has 0 unspecified atom stereocenters. The van der Waals surface area contributed by atoms with E-state index >= 15 is 0 Å². The average molecular weight is 248 g/mol. The highest BCUT2D eigenvalue weighted by Crippen LogP contribution is 2.39. The molecule has 0 bridgehead atoms. The minimum Gasteiger partial charge on any atom is -0.428 e. The molecule has 1 rings (SSSR count). The molecule has 0 saturated heterocycles. The van der Waals surface area contributed by atoms with E-state index in [0.717, 1.165) is 17.5 Å². The maximum absolute atomic E-state index is 10.7. The lowest BCUT2D eigenvalue weighted by Crippen LogP contribution is -2.22. The molecule has 0 radical (unpaired) electrons. The van der Waals surface area contributed by atoms with Gasteiger partial charge in [0.25, 0.3) is 6.47 Å². The SMILES string of the molecule is Cc1cc(C)c(C(C)(C)CC(C)C)c(OC=O)c1. The number of carbonyl (C=O) groups is 1. The predicted octanol–water partition coefficient (Wildman–Crippen LogP) is 4.16. The number of carbonyl (C=O) groups excluding carboxylic acids is 1. The number of hydrogen-bond acceptors (Lipinski definition) is 2. The highest BCUT2D eigenvalue weighted by Gasteiger charge is 2.27. The topological polar surface area (TPSA) is 26.3 Å². The smallest absolute Gasteiger partial charge is 0.298 e. The third-order valence-electron chi connectivity index (χ3n) is 3.21. The lowest BCUT2D eigenvalue weighted by molar-refractivity contribution is -0.120. The molecule has 1 aromatic rings. The van der Waals surface area contributed by atoms with Crippen LogP contribution in [0.15, 0.2) is 12.1 Å². The fourth-order valence-electron chi connectivity index (χ4n) is 3.06. The summed E-state index contributed by atoms with van der Waals surface area (Å²) < 4.78 is 5.19. The number of rotatable bonds is 5. The van der Waals surface area contributed by atoms with E-state index in [9.17, 15) is 4.79 Å². The predicted molar refractivity (Wildman–Crippen MR) is 75.1 cm³/mol. The summed E-state index contributed by atoms with van der Waals surface area (Å²) in [5.41, 5.74) is 3.46. The summed E-state index contributed by atoms with van der Waals surface area (Å²) in [4.78, 5) is 10.7. The molecule has 100 valence electrons. The summed E-state index contributed by atoms with van der Waals surface area (Å²) in [6, 6.07) is 4.09. The van der Waals surface area contributed by atoms with Crippen LogP contribution in [0.3, 0.4) is 0 Å². The maximum Gasteiger partial charge on any atom is 0.298 e. The molecule has 0 aliphatic heterocycles. The summed E-state index contributed by atoms with van der Waals surface area (Å²) in [5.74, 6) is 1.30. The molecule has 2 heteroatoms. The first-order chi connectivity index (χ1) is 8.27. The molecule has 0 aliphatic rings. The Bertz CT molecular complexity index is 431. The van der Waals surface area contributed by atoms with Gasteiger partial charge >= 0.3 is 0 Å². The average Bonchev–Trinajstić information content (AvgIpc) is 2.13. The standard InChI is InChI=1S/C16H24O2/c1-11(2)9-16(5,6)15-13(4)7-12(3)8-14(15)18-10-17/h7-8,10-11H,9H2,1-6H3. The van der Waals surface area contributed by atoms with E-state index in [4.69, 9.17) is 4.74 Å². The first kappa shape index (κ1) is 14.7. The Balaban J connectivity index is 3.32. The highest BCUT2D eigenvalue weighted by molar-refractivity contribution is 5.53. The van der Waals surface area contributed by atoms with Crippen molar-refractivity contribution in [3.63, 3.8) is 0 Å². The van der Waals surface area contributed by atoms with Crippen LogP contribution in [-0.2, 0) is 10.2 Å². The molecule has 0 atom stereocenters. The van der Waals surface area contributed by atoms with Crippen LogP contribution in [0.25, 0.3) is 0 Å². The molecule has 0 spiro atoms. The minimum absolute atomic E-state index is 0.00426. The number of hydrogen-bond donors (Lipinski definition) is 0. The van der Waals surface area contributed by atoms with Crippen molar-refractivity contribution < 1.29 is 9.53 Å². The van der Waals surface area contributed by atoms with Gasteiger partial charge in [-0.2, -0.15) is 0 Å². The minimum atomic E-state index is 0.00426. The van der Waals surface area contributed by atoms with Gasteiger partial charge in [-0.3, -0.25) is 4.79 Å². The van der Waals surface area contributed by atoms with Crippen molar-refractivity contribution in [1.29, 1.82) is 0 Å². The molecule has 0 amide bonds. The third kappa shape index (κ3) is 3.34. The van der Waals surface area contributed by atoms with Gasteiger partial charge < -0.3 is 4.74 Å². The number of aryl methyl sites for hydroxylation is 2. The van der Waals surface area contributed by atoms with Crippen molar-refractivity contribution in [3.05, 3.63) is 28.8 Å². The van der Waals surface area contributed by atoms with E-state index in [-0.39, 0.29) is 5.41 Å². The highest BCUT2D eigenvalue weighted by atomic mass is 16.5. The van der Waals surface area contributed by atoms with Gasteiger partial charge in [0.15, 0.2) is 0 Å². The Hall–Kier alpha value is -1.31. The van der Waals surface area contributed by atoms with E-state index in [1.165, 1.54) is 5.56 Å². The van der Waals surface area contributed by atoms with Crippen LogP contribution in [0, 0.1) is 19.8 Å². The molecule has 0 aromatic heterocycles. The van der Waals surface area contributed by atoms with Crippen molar-refractivity contribution in [3.8, 4) is 5.75 Å². The van der Waals surface area contributed by atoms with E-state index in [1.54, 1.807) is 0 Å². The van der Waals surface area contributed by atoms with Crippen LogP contribution in [0.2, 0.25) is 0 Å². The Morgan fingerprint density at radius 2 is 1.89 bits per heavy atom. The lowest BCUT2D eigenvalue weighted by Gasteiger charge is -2.30. The van der Waals surface area contributed by atoms with E-state index in [1.807, 2.05) is 13.0 Å². The summed E-state index contributed by atoms with van der Waals surface area (Å²) in [7, 11) is 0. The molecule has 2 nitrogen and oxygen atoms in total. The van der Waals surface area contributed by atoms with Gasteiger partial charge in [-0.15, -0.1) is 0 Å². The largest absolute Gasteiger partial charge is 0.428 e. The molecular formula is C16H24O2. The van der Waals surface area contributed by atoms with Crippen LogP contribution >= 0.6 is 0 Å². The molecule has 0 fully saturated rings. The second-order valence-corrected chi connectivity index (χ2v) is 6.15. The van der Waals surface area contributed by atoms with Crippen LogP contribution < -0.4 is 4.74 Å². The van der Waals surface area contributed by atoms with Crippen molar-refractivity contribution in [2.24, 2.45) is 5.92 Å². The fourth-order valence-corrected chi connectivity index (χ4v) is 3.06. The Labute approximate surface area is 110 Å². The zero-order valence-corrected chi connectivity index (χ0v) is 12.3. The monoisotopic (exact) mass is 248 g/mol. The molecule has 18 heavy (non-hydrogen) atoms. The van der Waals surface area contributed by atoms with Gasteiger partial charge in [0.2, 0.25) is 0 Å². The van der Waals surface area contributed by atoms with Crippen molar-refractivity contribution in [1.82, 2.24) is 0 Å². The fraction of sp³-hybridized carbons (Fsp3) is 0.562. The van der Waals surface area contributed by atoms with Gasteiger partial charge in [0.05, 0.1) is 0 Å². The summed E-state index contributed by atoms with van der Waals surface area (Å²) in [6.07, 6.45) is 1.06. The van der Waals surface area contributed by atoms with Gasteiger partial charge in [0, 0.05) is 5.56 Å². The maximum atomic E-state index is 10.7. The molecule has 0 aliphatic carbocycles. The summed E-state index contributed by atoms with van der Waals surface area (Å²) in [6.45, 7) is 13.5. The third-order valence-corrected chi connectivity index (χ3v) is 3.21. The van der Waals surface area contributed by atoms with E-state index in [2.05, 4.69) is 40.7 Å². The summed E-state index contributed by atoms with van der Waals surface area (Å²) in [5, 5.41) is 0. The normalized spacial score (nSPS) is 11.7. The summed E-state index contributed by atoms with van der Waals surface area (Å²) >= 11 is 0. The van der Waals surface area contributed by atoms with Gasteiger partial charge in [-0.1, -0.05) is 33.8 Å². The first-order valence-corrected chi connectivity index (χ1v) is 6.50. The quantitative estimate of drug-likeness (QED) is 0.731. The van der Waals surface area contributed by atoms with Gasteiger partial charge in [0.1, 0.15) is 5.75 Å². The lowest BCUT2D eigenvalue weighted by atomic mass is 9.75. The molecule has 1 aromatic carbocycles. The molecule has 0 heterocycles. The second-order valence-electron chi connectivity index (χ2n) is 6.15. The molecular weight excluding hydrogens is 224 g/mol. The van der Waals surface area contributed by atoms with Gasteiger partial charge in [-0.25, -0.2) is 0 Å². The zero-order chi connectivity index (χ0) is 13.9. The van der Waals surface area contributed by atoms with Crippen molar-refractivity contribution >= 4 is 6.47 Å². The van der Waals surface area contributed by atoms with Crippen LogP contribution in [-0.4, -0.2) is 6.47 Å².